The summed E-state index contributed by atoms with van der Waals surface area (Å²) in [5.41, 5.74) is -1.32. The van der Waals surface area contributed by atoms with Crippen LogP contribution in [0, 0.1) is 11.7 Å². The van der Waals surface area contributed by atoms with Crippen molar-refractivity contribution in [2.45, 2.75) is 108 Å². The molecule has 5 amide bonds. The van der Waals surface area contributed by atoms with Crippen molar-refractivity contribution in [3.05, 3.63) is 47.3 Å². The van der Waals surface area contributed by atoms with Gasteiger partial charge >= 0.3 is 19.9 Å². The van der Waals surface area contributed by atoms with Gasteiger partial charge in [-0.2, -0.15) is 0 Å². The van der Waals surface area contributed by atoms with Gasteiger partial charge in [0.05, 0.1) is 13.1 Å². The van der Waals surface area contributed by atoms with E-state index in [1.807, 2.05) is 12.2 Å². The number of fused-ring (bicyclic) bond motifs is 3. The van der Waals surface area contributed by atoms with Crippen molar-refractivity contribution in [3.63, 3.8) is 0 Å². The topological polar surface area (TPSA) is 182 Å². The van der Waals surface area contributed by atoms with Gasteiger partial charge in [-0.05, 0) is 58.1 Å². The predicted octanol–water partition coefficient (Wildman–Crippen LogP) is 4.05. The summed E-state index contributed by atoms with van der Waals surface area (Å²) in [6, 6.07) is 2.32. The molecule has 4 aliphatic rings. The summed E-state index contributed by atoms with van der Waals surface area (Å²) in [5, 5.41) is 7.75. The van der Waals surface area contributed by atoms with Gasteiger partial charge < -0.3 is 25.0 Å². The van der Waals surface area contributed by atoms with Crippen molar-refractivity contribution >= 4 is 37.7 Å². The second-order valence-corrected chi connectivity index (χ2v) is 16.3. The monoisotopic (exact) mass is 735 g/mol. The molecule has 5 atom stereocenters. The third-order valence-electron chi connectivity index (χ3n) is 9.51. The fraction of sp³-hybridized carbons (Fsp3) is 0.618. The molecule has 1 saturated heterocycles. The predicted molar refractivity (Wildman–Crippen MR) is 180 cm³/mol. The zero-order chi connectivity index (χ0) is 37.1. The summed E-state index contributed by atoms with van der Waals surface area (Å²) in [6.45, 7) is 5.03. The second kappa shape index (κ2) is 15.3. The molecule has 1 aromatic carbocycles. The van der Waals surface area contributed by atoms with E-state index in [4.69, 9.17) is 18.5 Å². The SMILES string of the molecule is COP(=O)(NC(=O)[C@@]12CC1/C=C\CCCCC[C@H](NC(=O)OC(C)(C)C)C(=O)N1C[C@H](OC(=O)N3Cc4cccc(F)c4C3)C[C@H]1C(=O)N2)OC. The van der Waals surface area contributed by atoms with Gasteiger partial charge in [0.2, 0.25) is 11.8 Å². The van der Waals surface area contributed by atoms with Gasteiger partial charge in [0, 0.05) is 38.7 Å². The number of ether oxygens (including phenoxy) is 2. The number of allylic oxidation sites excluding steroid dienone is 1. The summed E-state index contributed by atoms with van der Waals surface area (Å²) in [5.74, 6) is -2.96. The molecule has 0 spiro atoms. The van der Waals surface area contributed by atoms with Crippen molar-refractivity contribution < 1.29 is 51.4 Å². The number of rotatable bonds is 6. The summed E-state index contributed by atoms with van der Waals surface area (Å²) in [4.78, 5) is 70.9. The van der Waals surface area contributed by atoms with E-state index in [1.165, 1.54) is 15.9 Å². The number of hydrogen-bond acceptors (Lipinski definition) is 10. The van der Waals surface area contributed by atoms with Crippen molar-refractivity contribution in [2.75, 3.05) is 20.8 Å². The van der Waals surface area contributed by atoms with Crippen molar-refractivity contribution in [3.8, 4) is 0 Å². The maximum atomic E-state index is 14.4. The lowest BCUT2D eigenvalue weighted by molar-refractivity contribution is -0.141. The van der Waals surface area contributed by atoms with Crippen LogP contribution < -0.4 is 15.7 Å². The van der Waals surface area contributed by atoms with E-state index in [1.54, 1.807) is 32.9 Å². The summed E-state index contributed by atoms with van der Waals surface area (Å²) in [6.07, 6.45) is 4.31. The molecule has 0 radical (unpaired) electrons. The van der Waals surface area contributed by atoms with E-state index in [-0.39, 0.29) is 38.9 Å². The minimum absolute atomic E-state index is 0.00133. The van der Waals surface area contributed by atoms with Crippen molar-refractivity contribution in [1.29, 1.82) is 0 Å². The van der Waals surface area contributed by atoms with E-state index in [0.717, 1.165) is 27.1 Å². The number of nitrogens with one attached hydrogen (secondary N) is 3. The molecule has 280 valence electrons. The Hall–Kier alpha value is -4.01. The second-order valence-electron chi connectivity index (χ2n) is 14.3. The number of halogens is 1. The Bertz CT molecular complexity index is 1610. The average molecular weight is 736 g/mol. The molecule has 0 bridgehead atoms. The van der Waals surface area contributed by atoms with Crippen LogP contribution in [0.5, 0.6) is 0 Å². The number of alkyl carbamates (subject to hydrolysis) is 1. The molecule has 15 nitrogen and oxygen atoms in total. The van der Waals surface area contributed by atoms with E-state index in [2.05, 4.69) is 15.7 Å². The molecule has 3 aliphatic heterocycles. The molecule has 51 heavy (non-hydrogen) atoms. The third-order valence-corrected chi connectivity index (χ3v) is 10.9. The van der Waals surface area contributed by atoms with Crippen LogP contribution in [0.25, 0.3) is 0 Å². The highest BCUT2D eigenvalue weighted by Gasteiger charge is 2.62. The third kappa shape index (κ3) is 8.90. The number of carbonyl (C=O) groups excluding carboxylic acids is 5. The Morgan fingerprint density at radius 3 is 2.51 bits per heavy atom. The van der Waals surface area contributed by atoms with Gasteiger partial charge in [0.15, 0.2) is 0 Å². The van der Waals surface area contributed by atoms with Crippen LogP contribution in [-0.2, 0) is 50.6 Å². The molecule has 1 unspecified atom stereocenters. The quantitative estimate of drug-likeness (QED) is 0.285. The first-order valence-corrected chi connectivity index (χ1v) is 18.7. The maximum absolute atomic E-state index is 14.4. The van der Waals surface area contributed by atoms with Crippen LogP contribution in [0.1, 0.15) is 76.8 Å². The maximum Gasteiger partial charge on any atom is 0.434 e. The van der Waals surface area contributed by atoms with Gasteiger partial charge in [-0.15, -0.1) is 0 Å². The lowest BCUT2D eigenvalue weighted by Gasteiger charge is -2.30. The number of nitrogens with zero attached hydrogens (tertiary/aromatic N) is 2. The normalized spacial score (nSPS) is 27.5. The molecule has 3 N–H and O–H groups in total. The van der Waals surface area contributed by atoms with Crippen LogP contribution in [0.3, 0.4) is 0 Å². The number of carbonyl (C=O) groups is 5. The lowest BCUT2D eigenvalue weighted by Crippen LogP contribution is -2.57. The molecular weight excluding hydrogens is 688 g/mol. The van der Waals surface area contributed by atoms with E-state index in [9.17, 15) is 32.9 Å². The zero-order valence-corrected chi connectivity index (χ0v) is 30.5. The Labute approximate surface area is 296 Å². The number of amides is 5. The van der Waals surface area contributed by atoms with Crippen LogP contribution in [0.15, 0.2) is 30.4 Å². The molecule has 3 heterocycles. The molecule has 0 aromatic heterocycles. The van der Waals surface area contributed by atoms with Crippen molar-refractivity contribution in [2.24, 2.45) is 5.92 Å². The van der Waals surface area contributed by atoms with Gasteiger partial charge in [-0.3, -0.25) is 33.4 Å². The number of hydrogen-bond donors (Lipinski definition) is 3. The van der Waals surface area contributed by atoms with E-state index in [0.29, 0.717) is 24.0 Å². The van der Waals surface area contributed by atoms with Crippen LogP contribution in [0.2, 0.25) is 0 Å². The fourth-order valence-electron chi connectivity index (χ4n) is 6.73. The minimum Gasteiger partial charge on any atom is -0.444 e. The molecule has 1 aliphatic carbocycles. The highest BCUT2D eigenvalue weighted by Crippen LogP contribution is 2.49. The first kappa shape index (κ1) is 38.2. The van der Waals surface area contributed by atoms with Crippen molar-refractivity contribution in [1.82, 2.24) is 25.5 Å². The van der Waals surface area contributed by atoms with Gasteiger partial charge in [-0.1, -0.05) is 37.1 Å². The van der Waals surface area contributed by atoms with E-state index < -0.39 is 78.7 Å². The first-order chi connectivity index (χ1) is 24.1. The summed E-state index contributed by atoms with van der Waals surface area (Å²) < 4.78 is 48.3. The molecule has 1 aromatic rings. The van der Waals surface area contributed by atoms with Gasteiger partial charge in [-0.25, -0.2) is 18.5 Å². The largest absolute Gasteiger partial charge is 0.444 e. The van der Waals surface area contributed by atoms with E-state index >= 15 is 0 Å². The summed E-state index contributed by atoms with van der Waals surface area (Å²) >= 11 is 0. The van der Waals surface area contributed by atoms with Crippen LogP contribution in [0.4, 0.5) is 14.0 Å². The lowest BCUT2D eigenvalue weighted by atomic mass is 10.0. The van der Waals surface area contributed by atoms with Crippen LogP contribution in [-0.4, -0.2) is 89.8 Å². The Morgan fingerprint density at radius 2 is 1.82 bits per heavy atom. The minimum atomic E-state index is -4.03. The summed E-state index contributed by atoms with van der Waals surface area (Å²) in [7, 11) is -1.79. The Balaban J connectivity index is 1.41. The smallest absolute Gasteiger partial charge is 0.434 e. The average Bonchev–Trinajstić information content (AvgIpc) is 3.37. The highest BCUT2D eigenvalue weighted by molar-refractivity contribution is 7.52. The standard InChI is InChI=1S/C34H47FN5O10P/c1-33(2,3)50-31(44)36-26-15-10-8-6-7-9-13-22-17-34(22,30(43)38-51(46,47-4)48-5)37-28(41)27-16-23(19-40(27)29(26)42)49-32(45)39-18-21-12-11-14-25(35)24(21)20-39/h9,11-14,22-23,26-27H,6-8,10,15-20H2,1-5H3,(H,36,44)(H,37,41)(H,38,43,46)/b13-9-/t22?,23-,26+,27+,34-/m1/s1. The van der Waals surface area contributed by atoms with Crippen LogP contribution >= 0.6 is 7.75 Å². The van der Waals surface area contributed by atoms with Gasteiger partial charge in [0.1, 0.15) is 35.1 Å². The molecule has 1 saturated carbocycles. The zero-order valence-electron chi connectivity index (χ0n) is 29.6. The Morgan fingerprint density at radius 1 is 1.08 bits per heavy atom. The first-order valence-electron chi connectivity index (χ1n) is 17.1. The molecule has 2 fully saturated rings. The Kier molecular flexibility index (Phi) is 11.5. The number of benzene rings is 1. The fourth-order valence-corrected chi connectivity index (χ4v) is 7.51. The molecule has 5 rings (SSSR count). The molecular formula is C34H47FN5O10P. The van der Waals surface area contributed by atoms with Gasteiger partial charge in [0.25, 0.3) is 5.91 Å². The highest BCUT2D eigenvalue weighted by atomic mass is 31.2. The molecule has 17 heteroatoms.